The van der Waals surface area contributed by atoms with Gasteiger partial charge in [-0.1, -0.05) is 17.7 Å². The fourth-order valence-electron chi connectivity index (χ4n) is 1.63. The van der Waals surface area contributed by atoms with Crippen LogP contribution in [0.3, 0.4) is 0 Å². The van der Waals surface area contributed by atoms with Gasteiger partial charge in [0.1, 0.15) is 11.9 Å². The Balaban J connectivity index is 2.23. The number of nitrogen functional groups attached to an aromatic ring is 1. The molecule has 0 aliphatic carbocycles. The van der Waals surface area contributed by atoms with Crippen molar-refractivity contribution in [1.82, 2.24) is 0 Å². The number of benzene rings is 2. The van der Waals surface area contributed by atoms with E-state index < -0.39 is 16.6 Å². The molecule has 0 fully saturated rings. The van der Waals surface area contributed by atoms with Crippen molar-refractivity contribution in [2.24, 2.45) is 0 Å². The molecular weight excluding hydrogens is 299 g/mol. The van der Waals surface area contributed by atoms with E-state index in [-0.39, 0.29) is 11.3 Å². The second-order valence-electron chi connectivity index (χ2n) is 4.10. The SMILES string of the molecule is N#Cc1cc(CS(=O)c2ccc(N)c(Cl)c2)ccc1F. The van der Waals surface area contributed by atoms with Gasteiger partial charge in [-0.25, -0.2) is 4.39 Å². The molecule has 0 saturated heterocycles. The van der Waals surface area contributed by atoms with Crippen LogP contribution in [0.1, 0.15) is 11.1 Å². The molecule has 2 N–H and O–H groups in total. The van der Waals surface area contributed by atoms with E-state index in [1.807, 2.05) is 0 Å². The minimum absolute atomic E-state index is 0.0603. The van der Waals surface area contributed by atoms with Crippen LogP contribution in [0, 0.1) is 17.1 Å². The molecule has 1 atom stereocenters. The van der Waals surface area contributed by atoms with Crippen molar-refractivity contribution >= 4 is 28.1 Å². The Morgan fingerprint density at radius 1 is 1.30 bits per heavy atom. The Morgan fingerprint density at radius 3 is 2.70 bits per heavy atom. The smallest absolute Gasteiger partial charge is 0.140 e. The molecule has 0 amide bonds. The maximum atomic E-state index is 13.2. The van der Waals surface area contributed by atoms with Crippen LogP contribution >= 0.6 is 11.6 Å². The second kappa shape index (κ2) is 6.04. The minimum atomic E-state index is -1.34. The molecule has 0 saturated carbocycles. The lowest BCUT2D eigenvalue weighted by atomic mass is 10.1. The molecule has 0 aliphatic heterocycles. The van der Waals surface area contributed by atoms with Crippen molar-refractivity contribution < 1.29 is 8.60 Å². The number of nitriles is 1. The fraction of sp³-hybridized carbons (Fsp3) is 0.0714. The van der Waals surface area contributed by atoms with Gasteiger partial charge in [0, 0.05) is 4.90 Å². The van der Waals surface area contributed by atoms with Crippen molar-refractivity contribution in [3.63, 3.8) is 0 Å². The minimum Gasteiger partial charge on any atom is -0.398 e. The highest BCUT2D eigenvalue weighted by molar-refractivity contribution is 7.84. The van der Waals surface area contributed by atoms with E-state index in [4.69, 9.17) is 22.6 Å². The lowest BCUT2D eigenvalue weighted by molar-refractivity contribution is 0.623. The van der Waals surface area contributed by atoms with Gasteiger partial charge in [0.05, 0.1) is 32.8 Å². The van der Waals surface area contributed by atoms with Crippen LogP contribution in [0.2, 0.25) is 5.02 Å². The summed E-state index contributed by atoms with van der Waals surface area (Å²) in [5, 5.41) is 9.10. The van der Waals surface area contributed by atoms with Gasteiger partial charge in [0.15, 0.2) is 0 Å². The predicted molar refractivity (Wildman–Crippen MR) is 77.1 cm³/mol. The number of nitrogens with two attached hydrogens (primary N) is 1. The molecular formula is C14H10ClFN2OS. The van der Waals surface area contributed by atoms with Gasteiger partial charge in [-0.05, 0) is 35.9 Å². The van der Waals surface area contributed by atoms with Gasteiger partial charge in [0.25, 0.3) is 0 Å². The standard InChI is InChI=1S/C14H10ClFN2OS/c15-12-6-11(2-4-14(12)18)20(19)8-9-1-3-13(16)10(5-9)7-17/h1-6H,8,18H2. The highest BCUT2D eigenvalue weighted by Gasteiger charge is 2.09. The molecule has 2 aromatic carbocycles. The maximum Gasteiger partial charge on any atom is 0.140 e. The molecule has 2 rings (SSSR count). The third-order valence-corrected chi connectivity index (χ3v) is 4.39. The highest BCUT2D eigenvalue weighted by Crippen LogP contribution is 2.23. The quantitative estimate of drug-likeness (QED) is 0.885. The van der Waals surface area contributed by atoms with E-state index in [2.05, 4.69) is 0 Å². The fourth-order valence-corrected chi connectivity index (χ4v) is 3.00. The van der Waals surface area contributed by atoms with Gasteiger partial charge in [-0.3, -0.25) is 4.21 Å². The van der Waals surface area contributed by atoms with E-state index in [0.717, 1.165) is 0 Å². The zero-order valence-electron chi connectivity index (χ0n) is 10.3. The van der Waals surface area contributed by atoms with Crippen molar-refractivity contribution in [3.05, 3.63) is 58.4 Å². The molecule has 1 unspecified atom stereocenters. The van der Waals surface area contributed by atoms with Crippen LogP contribution in [0.4, 0.5) is 10.1 Å². The summed E-state index contributed by atoms with van der Waals surface area (Å²) < 4.78 is 25.4. The van der Waals surface area contributed by atoms with E-state index in [1.54, 1.807) is 24.3 Å². The van der Waals surface area contributed by atoms with Crippen LogP contribution < -0.4 is 5.73 Å². The number of halogens is 2. The van der Waals surface area contributed by atoms with Gasteiger partial charge in [-0.2, -0.15) is 5.26 Å². The summed E-state index contributed by atoms with van der Waals surface area (Å²) in [4.78, 5) is 0.534. The van der Waals surface area contributed by atoms with E-state index >= 15 is 0 Å². The second-order valence-corrected chi connectivity index (χ2v) is 5.96. The van der Waals surface area contributed by atoms with Crippen molar-refractivity contribution in [1.29, 1.82) is 5.26 Å². The summed E-state index contributed by atoms with van der Waals surface area (Å²) in [6.07, 6.45) is 0. The Kier molecular flexibility index (Phi) is 4.38. The largest absolute Gasteiger partial charge is 0.398 e. The molecule has 6 heteroatoms. The zero-order chi connectivity index (χ0) is 14.7. The molecule has 20 heavy (non-hydrogen) atoms. The predicted octanol–water partition coefficient (Wildman–Crippen LogP) is 3.24. The van der Waals surface area contributed by atoms with Crippen LogP contribution in [0.25, 0.3) is 0 Å². The highest BCUT2D eigenvalue weighted by atomic mass is 35.5. The van der Waals surface area contributed by atoms with Crippen molar-refractivity contribution in [2.45, 2.75) is 10.6 Å². The van der Waals surface area contributed by atoms with Gasteiger partial charge >= 0.3 is 0 Å². The number of hydrogen-bond acceptors (Lipinski definition) is 3. The third kappa shape index (κ3) is 3.16. The summed E-state index contributed by atoms with van der Waals surface area (Å²) in [5.74, 6) is -0.410. The number of anilines is 1. The Labute approximate surface area is 123 Å². The summed E-state index contributed by atoms with van der Waals surface area (Å²) >= 11 is 5.88. The molecule has 0 aromatic heterocycles. The topological polar surface area (TPSA) is 66.9 Å². The molecule has 0 radical (unpaired) electrons. The van der Waals surface area contributed by atoms with Crippen LogP contribution in [-0.4, -0.2) is 4.21 Å². The molecule has 2 aromatic rings. The van der Waals surface area contributed by atoms with Gasteiger partial charge < -0.3 is 5.73 Å². The van der Waals surface area contributed by atoms with Gasteiger partial charge in [0.2, 0.25) is 0 Å². The van der Waals surface area contributed by atoms with Crippen LogP contribution in [-0.2, 0) is 16.6 Å². The third-order valence-electron chi connectivity index (χ3n) is 2.68. The maximum absolute atomic E-state index is 13.2. The number of hydrogen-bond donors (Lipinski definition) is 1. The average Bonchev–Trinajstić information content (AvgIpc) is 2.43. The lowest BCUT2D eigenvalue weighted by Crippen LogP contribution is -1.99. The Hall–Kier alpha value is -1.90. The first kappa shape index (κ1) is 14.5. The molecule has 102 valence electrons. The van der Waals surface area contributed by atoms with Crippen molar-refractivity contribution in [2.75, 3.05) is 5.73 Å². The van der Waals surface area contributed by atoms with Gasteiger partial charge in [-0.15, -0.1) is 0 Å². The Bertz CT molecular complexity index is 728. The molecule has 0 bridgehead atoms. The summed E-state index contributed by atoms with van der Waals surface area (Å²) in [5.41, 5.74) is 6.56. The molecule has 3 nitrogen and oxygen atoms in total. The summed E-state index contributed by atoms with van der Waals surface area (Å²) in [7, 11) is -1.34. The zero-order valence-corrected chi connectivity index (χ0v) is 11.8. The van der Waals surface area contributed by atoms with E-state index in [0.29, 0.717) is 21.2 Å². The lowest BCUT2D eigenvalue weighted by Gasteiger charge is -2.05. The molecule has 0 spiro atoms. The number of rotatable bonds is 3. The summed E-state index contributed by atoms with van der Waals surface area (Å²) in [6.45, 7) is 0. The summed E-state index contributed by atoms with van der Waals surface area (Å²) in [6, 6.07) is 10.6. The van der Waals surface area contributed by atoms with E-state index in [9.17, 15) is 8.60 Å². The first-order valence-electron chi connectivity index (χ1n) is 5.63. The Morgan fingerprint density at radius 2 is 2.05 bits per heavy atom. The monoisotopic (exact) mass is 308 g/mol. The molecule has 0 aliphatic rings. The average molecular weight is 309 g/mol. The van der Waals surface area contributed by atoms with Crippen LogP contribution in [0.5, 0.6) is 0 Å². The van der Waals surface area contributed by atoms with Crippen LogP contribution in [0.15, 0.2) is 41.3 Å². The molecule has 0 heterocycles. The normalized spacial score (nSPS) is 11.8. The first-order valence-corrected chi connectivity index (χ1v) is 7.33. The number of nitrogens with zero attached hydrogens (tertiary/aromatic N) is 1. The van der Waals surface area contributed by atoms with Crippen molar-refractivity contribution in [3.8, 4) is 6.07 Å². The van der Waals surface area contributed by atoms with E-state index in [1.165, 1.54) is 18.2 Å². The first-order chi connectivity index (χ1) is 9.51.